The number of anilines is 1. The number of sulfonamides is 1. The molecular formula is C18H21FN6O4S. The van der Waals surface area contributed by atoms with Crippen molar-refractivity contribution >= 4 is 27.0 Å². The third-order valence-electron chi connectivity index (χ3n) is 5.07. The van der Waals surface area contributed by atoms with E-state index < -0.39 is 28.0 Å². The van der Waals surface area contributed by atoms with Crippen molar-refractivity contribution in [2.75, 3.05) is 31.8 Å². The Balaban J connectivity index is 1.57. The molecule has 0 spiro atoms. The number of aromatic amines is 1. The van der Waals surface area contributed by atoms with Crippen LogP contribution in [-0.4, -0.2) is 76.6 Å². The second-order valence-corrected chi connectivity index (χ2v) is 9.08. The number of halogens is 1. The van der Waals surface area contributed by atoms with E-state index in [9.17, 15) is 17.9 Å². The van der Waals surface area contributed by atoms with E-state index in [2.05, 4.69) is 25.5 Å². The number of nitrogens with zero attached hydrogens (tertiary/aromatic N) is 4. The Kier molecular flexibility index (Phi) is 5.30. The first kappa shape index (κ1) is 20.4. The van der Waals surface area contributed by atoms with E-state index in [-0.39, 0.29) is 12.5 Å². The van der Waals surface area contributed by atoms with Crippen LogP contribution in [0, 0.1) is 5.82 Å². The first-order valence-corrected chi connectivity index (χ1v) is 11.1. The van der Waals surface area contributed by atoms with E-state index in [1.54, 1.807) is 6.20 Å². The molecule has 1 aromatic carbocycles. The van der Waals surface area contributed by atoms with Crippen LogP contribution in [0.15, 0.2) is 24.4 Å². The number of methoxy groups -OCH3 is 1. The Bertz CT molecular complexity index is 1180. The van der Waals surface area contributed by atoms with Crippen molar-refractivity contribution in [3.8, 4) is 17.0 Å². The maximum atomic E-state index is 13.7. The fourth-order valence-electron chi connectivity index (χ4n) is 3.49. The summed E-state index contributed by atoms with van der Waals surface area (Å²) >= 11 is 0. The molecule has 1 aliphatic heterocycles. The molecule has 0 aliphatic carbocycles. The summed E-state index contributed by atoms with van der Waals surface area (Å²) in [6, 6.07) is 3.77. The molecule has 3 aromatic rings. The molecule has 0 saturated carbocycles. The number of β-amino-alcohol motifs (C(OH)–C–C–N with tert-alkyl or cyclic N) is 1. The van der Waals surface area contributed by atoms with Gasteiger partial charge < -0.3 is 15.2 Å². The summed E-state index contributed by atoms with van der Waals surface area (Å²) in [5, 5.41) is 21.0. The zero-order chi connectivity index (χ0) is 21.5. The topological polar surface area (TPSA) is 133 Å². The lowest BCUT2D eigenvalue weighted by Gasteiger charge is -2.34. The Morgan fingerprint density at radius 3 is 2.90 bits per heavy atom. The van der Waals surface area contributed by atoms with E-state index in [1.807, 2.05) is 0 Å². The Morgan fingerprint density at radius 1 is 1.40 bits per heavy atom. The number of H-pyrrole nitrogens is 1. The van der Waals surface area contributed by atoms with Gasteiger partial charge in [0.1, 0.15) is 11.6 Å². The number of aliphatic hydroxyl groups is 1. The van der Waals surface area contributed by atoms with Gasteiger partial charge in [-0.3, -0.25) is 5.10 Å². The van der Waals surface area contributed by atoms with Crippen molar-refractivity contribution in [3.05, 3.63) is 30.2 Å². The highest BCUT2D eigenvalue weighted by Crippen LogP contribution is 2.33. The summed E-state index contributed by atoms with van der Waals surface area (Å²) in [5.74, 6) is 0.315. The number of ether oxygens (including phenoxy) is 1. The number of benzene rings is 1. The summed E-state index contributed by atoms with van der Waals surface area (Å²) in [4.78, 5) is 8.63. The second-order valence-electron chi connectivity index (χ2n) is 7.10. The van der Waals surface area contributed by atoms with E-state index >= 15 is 0 Å². The molecular weight excluding hydrogens is 415 g/mol. The van der Waals surface area contributed by atoms with Gasteiger partial charge in [-0.25, -0.2) is 17.8 Å². The summed E-state index contributed by atoms with van der Waals surface area (Å²) in [7, 11) is -1.86. The van der Waals surface area contributed by atoms with Crippen LogP contribution in [0.2, 0.25) is 0 Å². The number of hydrogen-bond donors (Lipinski definition) is 3. The van der Waals surface area contributed by atoms with Crippen LogP contribution in [0.4, 0.5) is 10.3 Å². The number of aromatic nitrogens is 4. The molecule has 2 atom stereocenters. The average Bonchev–Trinajstić information content (AvgIpc) is 3.11. The van der Waals surface area contributed by atoms with Crippen LogP contribution in [0.5, 0.6) is 5.75 Å². The number of aliphatic hydroxyl groups excluding tert-OH is 1. The highest BCUT2D eigenvalue weighted by Gasteiger charge is 2.32. The highest BCUT2D eigenvalue weighted by atomic mass is 32.2. The van der Waals surface area contributed by atoms with Gasteiger partial charge >= 0.3 is 0 Å². The fraction of sp³-hybridized carbons (Fsp3) is 0.389. The van der Waals surface area contributed by atoms with Crippen LogP contribution < -0.4 is 10.1 Å². The standard InChI is InChI=1S/C18H21FN6O4S/c1-29-15-4-3-10(19)7-11(15)16-12-8-20-18(22-17(12)24-23-16)21-13-5-6-25(9-14(13)26)30(2,27)28/h3-4,7-8,13-14,26H,5-6,9H2,1-2H3,(H2,20,21,22,23,24). The Labute approximate surface area is 172 Å². The van der Waals surface area contributed by atoms with Crippen molar-refractivity contribution in [3.63, 3.8) is 0 Å². The molecule has 1 saturated heterocycles. The van der Waals surface area contributed by atoms with Gasteiger partial charge in [0.15, 0.2) is 5.65 Å². The highest BCUT2D eigenvalue weighted by molar-refractivity contribution is 7.88. The van der Waals surface area contributed by atoms with Crippen molar-refractivity contribution in [2.45, 2.75) is 18.6 Å². The van der Waals surface area contributed by atoms with Gasteiger partial charge in [0.2, 0.25) is 16.0 Å². The summed E-state index contributed by atoms with van der Waals surface area (Å²) in [5.41, 5.74) is 1.37. The maximum absolute atomic E-state index is 13.7. The molecule has 10 nitrogen and oxygen atoms in total. The van der Waals surface area contributed by atoms with Gasteiger partial charge in [0.25, 0.3) is 0 Å². The van der Waals surface area contributed by atoms with Gasteiger partial charge in [-0.15, -0.1) is 0 Å². The third kappa shape index (κ3) is 3.93. The van der Waals surface area contributed by atoms with Crippen molar-refractivity contribution < 1.29 is 22.7 Å². The minimum Gasteiger partial charge on any atom is -0.496 e. The molecule has 160 valence electrons. The van der Waals surface area contributed by atoms with Crippen molar-refractivity contribution in [1.29, 1.82) is 0 Å². The first-order chi connectivity index (χ1) is 14.3. The Hall–Kier alpha value is -2.83. The molecule has 12 heteroatoms. The monoisotopic (exact) mass is 436 g/mol. The summed E-state index contributed by atoms with van der Waals surface area (Å²) < 4.78 is 43.6. The van der Waals surface area contributed by atoms with Crippen LogP contribution in [0.25, 0.3) is 22.3 Å². The average molecular weight is 436 g/mol. The molecule has 30 heavy (non-hydrogen) atoms. The first-order valence-electron chi connectivity index (χ1n) is 9.21. The minimum atomic E-state index is -3.35. The zero-order valence-corrected chi connectivity index (χ0v) is 17.1. The predicted molar refractivity (Wildman–Crippen MR) is 108 cm³/mol. The van der Waals surface area contributed by atoms with Crippen LogP contribution >= 0.6 is 0 Å². The molecule has 0 bridgehead atoms. The van der Waals surface area contributed by atoms with Crippen LogP contribution in [0.3, 0.4) is 0 Å². The van der Waals surface area contributed by atoms with Gasteiger partial charge in [0.05, 0.1) is 36.6 Å². The van der Waals surface area contributed by atoms with Crippen molar-refractivity contribution in [2.24, 2.45) is 0 Å². The second kappa shape index (κ2) is 7.78. The normalized spacial score (nSPS) is 20.4. The van der Waals surface area contributed by atoms with Gasteiger partial charge in [-0.05, 0) is 24.6 Å². The molecule has 4 rings (SSSR count). The van der Waals surface area contributed by atoms with E-state index in [4.69, 9.17) is 4.74 Å². The number of piperidine rings is 1. The van der Waals surface area contributed by atoms with E-state index in [0.717, 1.165) is 6.26 Å². The predicted octanol–water partition coefficient (Wildman–Crippen LogP) is 0.974. The molecule has 2 unspecified atom stereocenters. The summed E-state index contributed by atoms with van der Waals surface area (Å²) in [6.07, 6.45) is 2.17. The number of nitrogens with one attached hydrogen (secondary N) is 2. The van der Waals surface area contributed by atoms with E-state index in [0.29, 0.717) is 41.0 Å². The maximum Gasteiger partial charge on any atom is 0.225 e. The van der Waals surface area contributed by atoms with Gasteiger partial charge in [-0.1, -0.05) is 0 Å². The fourth-order valence-corrected chi connectivity index (χ4v) is 4.35. The number of hydrogen-bond acceptors (Lipinski definition) is 8. The SMILES string of the molecule is COc1ccc(F)cc1-c1[nH]nc2nc(NC3CCN(S(C)(=O)=O)CC3O)ncc12. The van der Waals surface area contributed by atoms with E-state index in [1.165, 1.54) is 29.6 Å². The van der Waals surface area contributed by atoms with Gasteiger partial charge in [0, 0.05) is 24.8 Å². The van der Waals surface area contributed by atoms with Crippen LogP contribution in [-0.2, 0) is 10.0 Å². The van der Waals surface area contributed by atoms with Crippen LogP contribution in [0.1, 0.15) is 6.42 Å². The molecule has 2 aromatic heterocycles. The Morgan fingerprint density at radius 2 is 2.20 bits per heavy atom. The lowest BCUT2D eigenvalue weighted by atomic mass is 10.0. The number of fused-ring (bicyclic) bond motifs is 1. The smallest absolute Gasteiger partial charge is 0.225 e. The lowest BCUT2D eigenvalue weighted by Crippen LogP contribution is -2.51. The molecule has 1 fully saturated rings. The molecule has 3 heterocycles. The number of rotatable bonds is 5. The molecule has 1 aliphatic rings. The van der Waals surface area contributed by atoms with Gasteiger partial charge in [-0.2, -0.15) is 14.4 Å². The minimum absolute atomic E-state index is 0.00463. The lowest BCUT2D eigenvalue weighted by molar-refractivity contribution is 0.0951. The zero-order valence-electron chi connectivity index (χ0n) is 16.3. The third-order valence-corrected chi connectivity index (χ3v) is 6.34. The van der Waals surface area contributed by atoms with Crippen molar-refractivity contribution in [1.82, 2.24) is 24.5 Å². The quantitative estimate of drug-likeness (QED) is 0.539. The molecule has 3 N–H and O–H groups in total. The molecule has 0 radical (unpaired) electrons. The summed E-state index contributed by atoms with van der Waals surface area (Å²) in [6.45, 7) is 0.298. The molecule has 0 amide bonds. The largest absolute Gasteiger partial charge is 0.496 e.